The fourth-order valence-electron chi connectivity index (χ4n) is 2.09. The fourth-order valence-corrected chi connectivity index (χ4v) is 4.23. The van der Waals surface area contributed by atoms with E-state index >= 15 is 0 Å². The van der Waals surface area contributed by atoms with Gasteiger partial charge in [-0.1, -0.05) is 67.2 Å². The SMILES string of the molecule is C=CC(=O)OC(CSCc1ccccc1)CSCc1ccccc1. The summed E-state index contributed by atoms with van der Waals surface area (Å²) in [5.74, 6) is 3.08. The van der Waals surface area contributed by atoms with Gasteiger partial charge in [-0.25, -0.2) is 4.79 Å². The summed E-state index contributed by atoms with van der Waals surface area (Å²) < 4.78 is 5.48. The highest BCUT2D eigenvalue weighted by Crippen LogP contribution is 2.19. The summed E-state index contributed by atoms with van der Waals surface area (Å²) in [6, 6.07) is 20.7. The van der Waals surface area contributed by atoms with E-state index < -0.39 is 0 Å². The highest BCUT2D eigenvalue weighted by Gasteiger charge is 2.13. The Hall–Kier alpha value is -1.65. The maximum atomic E-state index is 11.5. The lowest BCUT2D eigenvalue weighted by molar-refractivity contribution is -0.140. The molecule has 0 saturated heterocycles. The van der Waals surface area contributed by atoms with Crippen LogP contribution in [0.3, 0.4) is 0 Å². The summed E-state index contributed by atoms with van der Waals surface area (Å²) >= 11 is 3.58. The van der Waals surface area contributed by atoms with E-state index in [0.29, 0.717) is 0 Å². The molecule has 0 fully saturated rings. The van der Waals surface area contributed by atoms with Crippen LogP contribution in [0.5, 0.6) is 0 Å². The van der Waals surface area contributed by atoms with Crippen molar-refractivity contribution in [2.45, 2.75) is 17.6 Å². The van der Waals surface area contributed by atoms with E-state index in [4.69, 9.17) is 4.74 Å². The van der Waals surface area contributed by atoms with Crippen LogP contribution in [-0.2, 0) is 21.0 Å². The maximum Gasteiger partial charge on any atom is 0.330 e. The molecular formula is C20H22O2S2. The van der Waals surface area contributed by atoms with Gasteiger partial charge in [-0.05, 0) is 11.1 Å². The van der Waals surface area contributed by atoms with Gasteiger partial charge in [0.2, 0.25) is 0 Å². The molecule has 4 heteroatoms. The summed E-state index contributed by atoms with van der Waals surface area (Å²) in [7, 11) is 0. The van der Waals surface area contributed by atoms with Gasteiger partial charge in [0.25, 0.3) is 0 Å². The first-order chi connectivity index (χ1) is 11.8. The quantitative estimate of drug-likeness (QED) is 0.443. The Morgan fingerprint density at radius 2 is 1.38 bits per heavy atom. The molecule has 0 atom stereocenters. The second-order valence-electron chi connectivity index (χ2n) is 5.26. The lowest BCUT2D eigenvalue weighted by Crippen LogP contribution is -2.22. The first-order valence-electron chi connectivity index (χ1n) is 7.84. The van der Waals surface area contributed by atoms with E-state index in [0.717, 1.165) is 23.0 Å². The molecule has 24 heavy (non-hydrogen) atoms. The van der Waals surface area contributed by atoms with Crippen molar-refractivity contribution in [2.75, 3.05) is 11.5 Å². The zero-order valence-electron chi connectivity index (χ0n) is 13.6. The van der Waals surface area contributed by atoms with Gasteiger partial charge in [0.05, 0.1) is 0 Å². The molecule has 0 unspecified atom stereocenters. The van der Waals surface area contributed by atoms with Crippen LogP contribution in [0.1, 0.15) is 11.1 Å². The van der Waals surface area contributed by atoms with Crippen LogP contribution in [0.4, 0.5) is 0 Å². The first-order valence-corrected chi connectivity index (χ1v) is 10.1. The molecule has 2 aromatic carbocycles. The number of carbonyl (C=O) groups is 1. The Morgan fingerprint density at radius 1 is 0.917 bits per heavy atom. The number of thioether (sulfide) groups is 2. The molecule has 0 radical (unpaired) electrons. The zero-order chi connectivity index (χ0) is 17.0. The monoisotopic (exact) mass is 358 g/mol. The second kappa shape index (κ2) is 11.0. The number of esters is 1. The van der Waals surface area contributed by atoms with E-state index in [1.54, 1.807) is 23.5 Å². The maximum absolute atomic E-state index is 11.5. The van der Waals surface area contributed by atoms with E-state index in [9.17, 15) is 4.79 Å². The van der Waals surface area contributed by atoms with Gasteiger partial charge in [0.15, 0.2) is 0 Å². The minimum Gasteiger partial charge on any atom is -0.457 e. The van der Waals surface area contributed by atoms with Gasteiger partial charge in [-0.3, -0.25) is 0 Å². The van der Waals surface area contributed by atoms with Crippen molar-refractivity contribution in [1.29, 1.82) is 0 Å². The molecule has 126 valence electrons. The van der Waals surface area contributed by atoms with Crippen LogP contribution in [0.2, 0.25) is 0 Å². The minimum absolute atomic E-state index is 0.0991. The molecular weight excluding hydrogens is 336 g/mol. The van der Waals surface area contributed by atoms with Gasteiger partial charge >= 0.3 is 5.97 Å². The lowest BCUT2D eigenvalue weighted by atomic mass is 10.2. The van der Waals surface area contributed by atoms with Crippen molar-refractivity contribution in [2.24, 2.45) is 0 Å². The summed E-state index contributed by atoms with van der Waals surface area (Å²) in [6.07, 6.45) is 1.13. The number of hydrogen-bond donors (Lipinski definition) is 0. The molecule has 0 amide bonds. The van der Waals surface area contributed by atoms with Crippen molar-refractivity contribution in [3.63, 3.8) is 0 Å². The number of ether oxygens (including phenoxy) is 1. The van der Waals surface area contributed by atoms with Crippen molar-refractivity contribution in [3.8, 4) is 0 Å². The van der Waals surface area contributed by atoms with E-state index in [-0.39, 0.29) is 12.1 Å². The average Bonchev–Trinajstić information content (AvgIpc) is 2.63. The average molecular weight is 359 g/mol. The van der Waals surface area contributed by atoms with Crippen LogP contribution in [0.25, 0.3) is 0 Å². The van der Waals surface area contributed by atoms with Crippen LogP contribution in [0.15, 0.2) is 73.3 Å². The number of benzene rings is 2. The van der Waals surface area contributed by atoms with E-state index in [1.807, 2.05) is 36.4 Å². The van der Waals surface area contributed by atoms with Gasteiger partial charge < -0.3 is 4.74 Å². The third-order valence-electron chi connectivity index (χ3n) is 3.28. The summed E-state index contributed by atoms with van der Waals surface area (Å²) in [4.78, 5) is 11.5. The molecule has 0 N–H and O–H groups in total. The third kappa shape index (κ3) is 7.28. The molecule has 0 aliphatic rings. The molecule has 0 heterocycles. The molecule has 2 rings (SSSR count). The summed E-state index contributed by atoms with van der Waals surface area (Å²) in [6.45, 7) is 3.48. The minimum atomic E-state index is -0.347. The van der Waals surface area contributed by atoms with Gasteiger partial charge in [-0.15, -0.1) is 0 Å². The van der Waals surface area contributed by atoms with Gasteiger partial charge in [0, 0.05) is 29.1 Å². The third-order valence-corrected chi connectivity index (χ3v) is 5.57. The standard InChI is InChI=1S/C20H22O2S2/c1-2-20(21)22-19(15-23-13-17-9-5-3-6-10-17)16-24-14-18-11-7-4-8-12-18/h2-12,19H,1,13-16H2. The summed E-state index contributed by atoms with van der Waals surface area (Å²) in [5, 5.41) is 0. The van der Waals surface area contributed by atoms with Crippen molar-refractivity contribution < 1.29 is 9.53 Å². The topological polar surface area (TPSA) is 26.3 Å². The molecule has 0 aliphatic heterocycles. The summed E-state index contributed by atoms with van der Waals surface area (Å²) in [5.41, 5.74) is 2.57. The molecule has 2 nitrogen and oxygen atoms in total. The van der Waals surface area contributed by atoms with E-state index in [1.165, 1.54) is 17.2 Å². The predicted molar refractivity (Wildman–Crippen MR) is 105 cm³/mol. The van der Waals surface area contributed by atoms with Crippen LogP contribution < -0.4 is 0 Å². The Morgan fingerprint density at radius 3 is 1.79 bits per heavy atom. The Bertz CT molecular complexity index is 569. The highest BCUT2D eigenvalue weighted by atomic mass is 32.2. The van der Waals surface area contributed by atoms with Crippen LogP contribution in [0, 0.1) is 0 Å². The number of rotatable bonds is 10. The Labute approximate surface area is 152 Å². The Balaban J connectivity index is 1.77. The normalized spacial score (nSPS) is 10.5. The fraction of sp³-hybridized carbons (Fsp3) is 0.250. The molecule has 0 aromatic heterocycles. The number of carbonyl (C=O) groups excluding carboxylic acids is 1. The molecule has 0 saturated carbocycles. The largest absolute Gasteiger partial charge is 0.457 e. The molecule has 0 spiro atoms. The van der Waals surface area contributed by atoms with Crippen LogP contribution >= 0.6 is 23.5 Å². The Kier molecular flexibility index (Phi) is 8.56. The van der Waals surface area contributed by atoms with Gasteiger partial charge in [0.1, 0.15) is 6.10 Å². The smallest absolute Gasteiger partial charge is 0.330 e. The van der Waals surface area contributed by atoms with Crippen molar-refractivity contribution >= 4 is 29.5 Å². The first kappa shape index (κ1) is 18.7. The van der Waals surface area contributed by atoms with Crippen LogP contribution in [-0.4, -0.2) is 23.6 Å². The molecule has 0 bridgehead atoms. The molecule has 2 aromatic rings. The predicted octanol–water partition coefficient (Wildman–Crippen LogP) is 4.95. The van der Waals surface area contributed by atoms with Crippen molar-refractivity contribution in [1.82, 2.24) is 0 Å². The highest BCUT2D eigenvalue weighted by molar-refractivity contribution is 7.99. The number of hydrogen-bond acceptors (Lipinski definition) is 4. The molecule has 0 aliphatic carbocycles. The zero-order valence-corrected chi connectivity index (χ0v) is 15.2. The second-order valence-corrected chi connectivity index (χ2v) is 7.32. The lowest BCUT2D eigenvalue weighted by Gasteiger charge is -2.16. The van der Waals surface area contributed by atoms with E-state index in [2.05, 4.69) is 30.8 Å². The van der Waals surface area contributed by atoms with Gasteiger partial charge in [-0.2, -0.15) is 23.5 Å². The van der Waals surface area contributed by atoms with Crippen molar-refractivity contribution in [3.05, 3.63) is 84.4 Å².